The minimum absolute atomic E-state index is 0.432. The van der Waals surface area contributed by atoms with Gasteiger partial charge in [-0.15, -0.1) is 0 Å². The number of rotatable bonds is 7. The van der Waals surface area contributed by atoms with Gasteiger partial charge in [-0.1, -0.05) is 206 Å². The van der Waals surface area contributed by atoms with Crippen LogP contribution in [0.3, 0.4) is 0 Å². The van der Waals surface area contributed by atoms with Crippen molar-refractivity contribution < 1.29 is 0 Å². The topological polar surface area (TPSA) is 8.17 Å². The lowest BCUT2D eigenvalue weighted by atomic mass is 9.70. The molecule has 2 aliphatic rings. The average Bonchev–Trinajstić information content (AvgIpc) is 4.04. The molecule has 0 radical (unpaired) electrons. The van der Waals surface area contributed by atoms with Crippen LogP contribution in [0.25, 0.3) is 83.1 Å². The maximum atomic E-state index is 2.47. The molecule has 0 saturated carbocycles. The van der Waals surface area contributed by atoms with Crippen molar-refractivity contribution in [3.8, 4) is 61.3 Å². The Kier molecular flexibility index (Phi) is 8.84. The molecule has 0 atom stereocenters. The number of fused-ring (bicyclic) bond motifs is 13. The van der Waals surface area contributed by atoms with Crippen LogP contribution < -0.4 is 4.90 Å². The third kappa shape index (κ3) is 5.92. The Morgan fingerprint density at radius 1 is 0.290 bits per heavy atom. The number of anilines is 3. The van der Waals surface area contributed by atoms with Crippen LogP contribution in [0.1, 0.15) is 22.3 Å². The van der Waals surface area contributed by atoms with Crippen molar-refractivity contribution in [3.63, 3.8) is 0 Å². The van der Waals surface area contributed by atoms with E-state index in [1.165, 1.54) is 99.7 Å². The number of hydrogen-bond acceptors (Lipinski definition) is 1. The van der Waals surface area contributed by atoms with Crippen molar-refractivity contribution in [2.45, 2.75) is 5.41 Å². The summed E-state index contributed by atoms with van der Waals surface area (Å²) >= 11 is 0. The van der Waals surface area contributed by atoms with Gasteiger partial charge in [0.15, 0.2) is 0 Å². The van der Waals surface area contributed by atoms with Crippen LogP contribution >= 0.6 is 0 Å². The van der Waals surface area contributed by atoms with E-state index in [4.69, 9.17) is 0 Å². The Morgan fingerprint density at radius 3 is 1.33 bits per heavy atom. The maximum absolute atomic E-state index is 2.47. The quantitative estimate of drug-likeness (QED) is 0.155. The van der Waals surface area contributed by atoms with E-state index in [9.17, 15) is 0 Å². The van der Waals surface area contributed by atoms with Crippen LogP contribution in [0.2, 0.25) is 0 Å². The van der Waals surface area contributed by atoms with Gasteiger partial charge in [0, 0.05) is 33.4 Å². The fourth-order valence-electron chi connectivity index (χ4n) is 11.8. The van der Waals surface area contributed by atoms with Crippen molar-refractivity contribution in [2.24, 2.45) is 0 Å². The fourth-order valence-corrected chi connectivity index (χ4v) is 11.8. The van der Waals surface area contributed by atoms with Gasteiger partial charge < -0.3 is 9.47 Å². The van der Waals surface area contributed by atoms with Gasteiger partial charge in [0.1, 0.15) is 0 Å². The van der Waals surface area contributed by atoms with Crippen LogP contribution in [0.5, 0.6) is 0 Å². The van der Waals surface area contributed by atoms with E-state index in [1.807, 2.05) is 0 Å². The van der Waals surface area contributed by atoms with Gasteiger partial charge in [0.2, 0.25) is 0 Å². The summed E-state index contributed by atoms with van der Waals surface area (Å²) in [5, 5.41) is 2.51. The predicted molar refractivity (Wildman–Crippen MR) is 288 cm³/mol. The summed E-state index contributed by atoms with van der Waals surface area (Å²) in [5.74, 6) is 0. The normalized spacial score (nSPS) is 12.8. The smallest absolute Gasteiger partial charge is 0.0726 e. The summed E-state index contributed by atoms with van der Waals surface area (Å²) in [6, 6.07) is 98.4. The third-order valence-electron chi connectivity index (χ3n) is 14.8. The summed E-state index contributed by atoms with van der Waals surface area (Å²) in [7, 11) is 0. The molecule has 1 aromatic heterocycles. The molecule has 12 aromatic rings. The fraction of sp³-hybridized carbons (Fsp3) is 0.0149. The monoisotopic (exact) mass is 876 g/mol. The Labute approximate surface area is 402 Å². The standard InChI is InChI=1S/C67H44N2/c1-3-16-45(17-4-1)47-30-37-51(38-31-47)68(65-29-15-27-62-66(65)57-23-9-13-26-61(57)67(62)59-24-11-7-20-54(59)55-21-8-12-25-60(55)67)52-39-32-48(33-40-52)49-34-41-53(42-35-49)69-63-28-14-10-22-56(63)58-44-50(36-43-64(58)69)46-18-5-2-6-19-46/h1-44H. The molecule has 0 N–H and O–H groups in total. The minimum atomic E-state index is -0.432. The lowest BCUT2D eigenvalue weighted by Gasteiger charge is -2.32. The highest BCUT2D eigenvalue weighted by molar-refractivity contribution is 6.10. The highest BCUT2D eigenvalue weighted by atomic mass is 15.1. The van der Waals surface area contributed by atoms with Gasteiger partial charge in [0.05, 0.1) is 22.1 Å². The third-order valence-corrected chi connectivity index (χ3v) is 14.8. The molecular formula is C67H44N2. The van der Waals surface area contributed by atoms with Gasteiger partial charge >= 0.3 is 0 Å². The zero-order valence-corrected chi connectivity index (χ0v) is 37.8. The van der Waals surface area contributed by atoms with E-state index >= 15 is 0 Å². The van der Waals surface area contributed by atoms with Crippen LogP contribution in [-0.2, 0) is 5.41 Å². The molecule has 1 heterocycles. The molecule has 2 heteroatoms. The molecule has 322 valence electrons. The minimum Gasteiger partial charge on any atom is -0.310 e. The van der Waals surface area contributed by atoms with Gasteiger partial charge in [0.25, 0.3) is 0 Å². The van der Waals surface area contributed by atoms with Crippen molar-refractivity contribution in [1.29, 1.82) is 0 Å². The van der Waals surface area contributed by atoms with Gasteiger partial charge in [-0.25, -0.2) is 0 Å². The first kappa shape index (κ1) is 39.2. The molecule has 11 aromatic carbocycles. The molecule has 0 unspecified atom stereocenters. The summed E-state index contributed by atoms with van der Waals surface area (Å²) in [4.78, 5) is 2.47. The summed E-state index contributed by atoms with van der Waals surface area (Å²) in [5.41, 5.74) is 24.2. The number of benzene rings is 11. The average molecular weight is 877 g/mol. The molecule has 0 saturated heterocycles. The SMILES string of the molecule is c1ccc(-c2ccc(N(c3ccc(-c4ccc(-n5c6ccccc6c6cc(-c7ccccc7)ccc65)cc4)cc3)c3cccc4c3-c3ccccc3C43c4ccccc4-c4ccccc43)cc2)cc1. The van der Waals surface area contributed by atoms with E-state index in [-0.39, 0.29) is 0 Å². The Balaban J connectivity index is 0.885. The van der Waals surface area contributed by atoms with Crippen molar-refractivity contribution >= 4 is 38.9 Å². The number of hydrogen-bond donors (Lipinski definition) is 0. The highest BCUT2D eigenvalue weighted by Gasteiger charge is 2.52. The molecule has 14 rings (SSSR count). The van der Waals surface area contributed by atoms with E-state index in [0.29, 0.717) is 0 Å². The second-order valence-electron chi connectivity index (χ2n) is 18.4. The van der Waals surface area contributed by atoms with E-state index in [0.717, 1.165) is 22.7 Å². The number of nitrogens with zero attached hydrogens (tertiary/aromatic N) is 2. The molecule has 0 bridgehead atoms. The Bertz CT molecular complexity index is 3870. The van der Waals surface area contributed by atoms with Crippen LogP contribution in [0.15, 0.2) is 267 Å². The van der Waals surface area contributed by atoms with Gasteiger partial charge in [-0.05, 0) is 133 Å². The molecule has 0 fully saturated rings. The van der Waals surface area contributed by atoms with Crippen molar-refractivity contribution in [1.82, 2.24) is 4.57 Å². The number of para-hydroxylation sites is 1. The van der Waals surface area contributed by atoms with E-state index in [1.54, 1.807) is 0 Å². The van der Waals surface area contributed by atoms with E-state index in [2.05, 4.69) is 276 Å². The Morgan fingerprint density at radius 2 is 0.725 bits per heavy atom. The predicted octanol–water partition coefficient (Wildman–Crippen LogP) is 17.6. The van der Waals surface area contributed by atoms with Gasteiger partial charge in [-0.2, -0.15) is 0 Å². The first-order valence-corrected chi connectivity index (χ1v) is 23.9. The van der Waals surface area contributed by atoms with Gasteiger partial charge in [-0.3, -0.25) is 0 Å². The van der Waals surface area contributed by atoms with Crippen molar-refractivity contribution in [3.05, 3.63) is 289 Å². The van der Waals surface area contributed by atoms with Crippen LogP contribution in [-0.4, -0.2) is 4.57 Å². The zero-order valence-electron chi connectivity index (χ0n) is 37.8. The molecular weight excluding hydrogens is 833 g/mol. The van der Waals surface area contributed by atoms with Crippen molar-refractivity contribution in [2.75, 3.05) is 4.90 Å². The molecule has 2 aliphatic carbocycles. The van der Waals surface area contributed by atoms with Crippen LogP contribution in [0.4, 0.5) is 17.1 Å². The lowest BCUT2D eigenvalue weighted by molar-refractivity contribution is 0.794. The molecule has 2 nitrogen and oxygen atoms in total. The van der Waals surface area contributed by atoms with Crippen LogP contribution in [0, 0.1) is 0 Å². The summed E-state index contributed by atoms with van der Waals surface area (Å²) in [6.07, 6.45) is 0. The molecule has 69 heavy (non-hydrogen) atoms. The second-order valence-corrected chi connectivity index (χ2v) is 18.4. The number of aromatic nitrogens is 1. The maximum Gasteiger partial charge on any atom is 0.0726 e. The Hall–Kier alpha value is -8.98. The molecule has 1 spiro atoms. The van der Waals surface area contributed by atoms with E-state index < -0.39 is 5.41 Å². The highest BCUT2D eigenvalue weighted by Crippen LogP contribution is 2.64. The molecule has 0 amide bonds. The first-order chi connectivity index (χ1) is 34.2. The summed E-state index contributed by atoms with van der Waals surface area (Å²) in [6.45, 7) is 0. The summed E-state index contributed by atoms with van der Waals surface area (Å²) < 4.78 is 2.40. The largest absolute Gasteiger partial charge is 0.310 e. The second kappa shape index (κ2) is 15.6. The molecule has 0 aliphatic heterocycles. The zero-order chi connectivity index (χ0) is 45.5. The first-order valence-electron chi connectivity index (χ1n) is 23.9. The lowest BCUT2D eigenvalue weighted by Crippen LogP contribution is -2.26.